The minimum atomic E-state index is -5.30. The fraction of sp³-hybridized carbons (Fsp3) is 0.0909. The molecule has 3 rings (SSSR count). The van der Waals surface area contributed by atoms with Crippen LogP contribution in [0.2, 0.25) is 15.1 Å². The molecule has 0 N–H and O–H groups in total. The molecule has 12 heteroatoms. The maximum Gasteiger partial charge on any atom is 0.417 e. The standard InChI is InChI=1S/C22H10Cl3F6O2P/c23-11-9-15(24)18(16(25)10-11)20(33)34(12-5-2-1-3-6-12)19(32)17-13(21(26,27)28)7-4-8-14(17)22(29,30)31/h1-10H. The molecule has 3 aromatic carbocycles. The molecule has 2 nitrogen and oxygen atoms in total. The second-order valence-corrected chi connectivity index (χ2v) is 10.00. The van der Waals surface area contributed by atoms with Gasteiger partial charge in [0.25, 0.3) is 0 Å². The van der Waals surface area contributed by atoms with Gasteiger partial charge in [0.2, 0.25) is 0 Å². The van der Waals surface area contributed by atoms with E-state index < -0.39 is 53.6 Å². The van der Waals surface area contributed by atoms with E-state index in [4.69, 9.17) is 34.8 Å². The third kappa shape index (κ3) is 5.41. The SMILES string of the molecule is O=C(c1c(Cl)cc(Cl)cc1Cl)P(C(=O)c1c(C(F)(F)F)cccc1C(F)(F)F)c1ccccc1. The Morgan fingerprint density at radius 2 is 1.09 bits per heavy atom. The minimum absolute atomic E-state index is 0.0312. The molecule has 0 fully saturated rings. The van der Waals surface area contributed by atoms with Crippen LogP contribution in [0.5, 0.6) is 0 Å². The van der Waals surface area contributed by atoms with Crippen molar-refractivity contribution in [2.75, 3.05) is 0 Å². The Bertz CT molecular complexity index is 1200. The fourth-order valence-corrected chi connectivity index (χ4v) is 6.30. The van der Waals surface area contributed by atoms with Crippen molar-refractivity contribution in [3.8, 4) is 0 Å². The third-order valence-corrected chi connectivity index (χ3v) is 7.42. The number of rotatable bonds is 5. The van der Waals surface area contributed by atoms with Crippen molar-refractivity contribution < 1.29 is 35.9 Å². The molecule has 1 atom stereocenters. The number of halogens is 9. The van der Waals surface area contributed by atoms with Crippen LogP contribution in [0.4, 0.5) is 26.3 Å². The Kier molecular flexibility index (Phi) is 7.68. The molecule has 0 aliphatic heterocycles. The zero-order chi connectivity index (χ0) is 25.4. The first kappa shape index (κ1) is 26.5. The average Bonchev–Trinajstić information content (AvgIpc) is 2.72. The lowest BCUT2D eigenvalue weighted by atomic mass is 10.0. The summed E-state index contributed by atoms with van der Waals surface area (Å²) in [6.45, 7) is 0. The number of alkyl halides is 6. The smallest absolute Gasteiger partial charge is 0.288 e. The summed E-state index contributed by atoms with van der Waals surface area (Å²) in [6, 6.07) is 10.3. The van der Waals surface area contributed by atoms with Crippen LogP contribution in [0.3, 0.4) is 0 Å². The molecule has 0 spiro atoms. The highest BCUT2D eigenvalue weighted by atomic mass is 35.5. The van der Waals surface area contributed by atoms with E-state index in [0.29, 0.717) is 18.2 Å². The molecule has 3 aromatic rings. The second kappa shape index (κ2) is 9.86. The number of hydrogen-bond donors (Lipinski definition) is 0. The van der Waals surface area contributed by atoms with E-state index in [1.54, 1.807) is 0 Å². The highest BCUT2D eigenvalue weighted by Gasteiger charge is 2.45. The second-order valence-electron chi connectivity index (χ2n) is 6.75. The highest BCUT2D eigenvalue weighted by Crippen LogP contribution is 2.50. The van der Waals surface area contributed by atoms with Gasteiger partial charge in [-0.15, -0.1) is 0 Å². The van der Waals surface area contributed by atoms with Crippen LogP contribution in [-0.2, 0) is 12.4 Å². The predicted octanol–water partition coefficient (Wildman–Crippen LogP) is 8.47. The first-order valence-corrected chi connectivity index (χ1v) is 11.6. The number of carbonyl (C=O) groups is 2. The zero-order valence-electron chi connectivity index (χ0n) is 16.4. The summed E-state index contributed by atoms with van der Waals surface area (Å²) < 4.78 is 82.1. The molecule has 0 amide bonds. The van der Waals surface area contributed by atoms with E-state index in [1.807, 2.05) is 0 Å². The molecule has 0 saturated heterocycles. The Morgan fingerprint density at radius 1 is 0.647 bits per heavy atom. The van der Waals surface area contributed by atoms with Crippen LogP contribution in [0, 0.1) is 0 Å². The number of hydrogen-bond acceptors (Lipinski definition) is 2. The van der Waals surface area contributed by atoms with Gasteiger partial charge in [-0.1, -0.05) is 71.2 Å². The third-order valence-electron chi connectivity index (χ3n) is 4.53. The summed E-state index contributed by atoms with van der Waals surface area (Å²) >= 11 is 18.0. The summed E-state index contributed by atoms with van der Waals surface area (Å²) in [7, 11) is -2.99. The zero-order valence-corrected chi connectivity index (χ0v) is 19.6. The van der Waals surface area contributed by atoms with Gasteiger partial charge in [0, 0.05) is 10.6 Å². The Labute approximate surface area is 205 Å². The molecule has 178 valence electrons. The summed E-state index contributed by atoms with van der Waals surface area (Å²) in [4.78, 5) is 26.9. The van der Waals surface area contributed by atoms with Gasteiger partial charge >= 0.3 is 12.4 Å². The quantitative estimate of drug-likeness (QED) is 0.233. The van der Waals surface area contributed by atoms with Gasteiger partial charge < -0.3 is 0 Å². The van der Waals surface area contributed by atoms with Crippen LogP contribution in [-0.4, -0.2) is 11.0 Å². The Morgan fingerprint density at radius 3 is 1.53 bits per heavy atom. The van der Waals surface area contributed by atoms with Crippen molar-refractivity contribution in [1.82, 2.24) is 0 Å². The molecule has 0 saturated carbocycles. The molecular weight excluding hydrogens is 548 g/mol. The lowest BCUT2D eigenvalue weighted by Gasteiger charge is -2.22. The molecule has 34 heavy (non-hydrogen) atoms. The van der Waals surface area contributed by atoms with Crippen LogP contribution in [0.25, 0.3) is 0 Å². The summed E-state index contributed by atoms with van der Waals surface area (Å²) in [5.41, 5.74) is -8.47. The van der Waals surface area contributed by atoms with Crippen LogP contribution >= 0.6 is 42.7 Å². The van der Waals surface area contributed by atoms with Gasteiger partial charge in [-0.05, 0) is 29.6 Å². The molecule has 0 radical (unpaired) electrons. The highest BCUT2D eigenvalue weighted by molar-refractivity contribution is 7.96. The molecule has 0 aliphatic carbocycles. The first-order chi connectivity index (χ1) is 15.7. The summed E-state index contributed by atoms with van der Waals surface area (Å²) in [5, 5.41) is -0.666. The first-order valence-electron chi connectivity index (χ1n) is 9.09. The minimum Gasteiger partial charge on any atom is -0.288 e. The molecule has 1 unspecified atom stereocenters. The maximum absolute atomic E-state index is 13.7. The van der Waals surface area contributed by atoms with Gasteiger partial charge in [0.15, 0.2) is 11.0 Å². The van der Waals surface area contributed by atoms with Gasteiger partial charge in [-0.25, -0.2) is 0 Å². The maximum atomic E-state index is 13.7. The predicted molar refractivity (Wildman–Crippen MR) is 120 cm³/mol. The topological polar surface area (TPSA) is 34.1 Å². The molecule has 0 heterocycles. The van der Waals surface area contributed by atoms with Crippen LogP contribution in [0.1, 0.15) is 31.8 Å². The van der Waals surface area contributed by atoms with E-state index in [1.165, 1.54) is 30.3 Å². The Balaban J connectivity index is 2.33. The van der Waals surface area contributed by atoms with Crippen molar-refractivity contribution in [3.63, 3.8) is 0 Å². The number of carbonyl (C=O) groups excluding carboxylic acids is 2. The van der Waals surface area contributed by atoms with E-state index >= 15 is 0 Å². The molecular formula is C22H10Cl3F6O2P. The summed E-state index contributed by atoms with van der Waals surface area (Å²) in [6.07, 6.45) is -10.6. The van der Waals surface area contributed by atoms with E-state index in [2.05, 4.69) is 0 Å². The molecule has 0 aromatic heterocycles. The van der Waals surface area contributed by atoms with E-state index in [9.17, 15) is 35.9 Å². The van der Waals surface area contributed by atoms with Crippen molar-refractivity contribution >= 4 is 59.1 Å². The van der Waals surface area contributed by atoms with Gasteiger partial charge in [-0.2, -0.15) is 26.3 Å². The number of benzene rings is 3. The fourth-order valence-electron chi connectivity index (χ4n) is 3.13. The van der Waals surface area contributed by atoms with Crippen molar-refractivity contribution in [3.05, 3.63) is 98.0 Å². The van der Waals surface area contributed by atoms with Gasteiger partial charge in [0.05, 0.1) is 34.7 Å². The Hall–Kier alpha value is -2.12. The summed E-state index contributed by atoms with van der Waals surface area (Å²) in [5.74, 6) is 0. The lowest BCUT2D eigenvalue weighted by Crippen LogP contribution is -2.23. The van der Waals surface area contributed by atoms with Crippen molar-refractivity contribution in [1.29, 1.82) is 0 Å². The normalized spacial score (nSPS) is 13.0. The molecule has 0 bridgehead atoms. The van der Waals surface area contributed by atoms with Crippen molar-refractivity contribution in [2.24, 2.45) is 0 Å². The average molecular weight is 558 g/mol. The van der Waals surface area contributed by atoms with Gasteiger partial charge in [0.1, 0.15) is 0 Å². The monoisotopic (exact) mass is 556 g/mol. The van der Waals surface area contributed by atoms with Crippen molar-refractivity contribution in [2.45, 2.75) is 12.4 Å². The lowest BCUT2D eigenvalue weighted by molar-refractivity contribution is -0.143. The van der Waals surface area contributed by atoms with Gasteiger partial charge in [-0.3, -0.25) is 9.59 Å². The van der Waals surface area contributed by atoms with E-state index in [-0.39, 0.29) is 20.4 Å². The molecule has 0 aliphatic rings. The van der Waals surface area contributed by atoms with E-state index in [0.717, 1.165) is 12.1 Å². The van der Waals surface area contributed by atoms with Crippen LogP contribution in [0.15, 0.2) is 60.7 Å². The van der Waals surface area contributed by atoms with Crippen LogP contribution < -0.4 is 5.30 Å². The largest absolute Gasteiger partial charge is 0.417 e.